The van der Waals surface area contributed by atoms with E-state index < -0.39 is 11.7 Å². The summed E-state index contributed by atoms with van der Waals surface area (Å²) in [6, 6.07) is 7.39. The molecule has 0 saturated carbocycles. The van der Waals surface area contributed by atoms with Crippen LogP contribution in [0.5, 0.6) is 0 Å². The molecule has 5 nitrogen and oxygen atoms in total. The van der Waals surface area contributed by atoms with Crippen LogP contribution in [0.1, 0.15) is 37.1 Å². The fourth-order valence-electron chi connectivity index (χ4n) is 3.50. The molecule has 1 fully saturated rings. The van der Waals surface area contributed by atoms with E-state index in [9.17, 15) is 13.2 Å². The second kappa shape index (κ2) is 8.46. The van der Waals surface area contributed by atoms with E-state index >= 15 is 0 Å². The number of alkyl halides is 3. The number of hydrogen-bond donors (Lipinski definition) is 2. The first-order valence-corrected chi connectivity index (χ1v) is 8.67. The summed E-state index contributed by atoms with van der Waals surface area (Å²) in [4.78, 5) is 12.4. The van der Waals surface area contributed by atoms with Crippen LogP contribution in [0.4, 0.5) is 13.2 Å². The fraction of sp³-hybridized carbons (Fsp3) is 0.368. The molecule has 0 spiro atoms. The number of hydrogen-bond acceptors (Lipinski definition) is 3. The zero-order valence-electron chi connectivity index (χ0n) is 15.2. The maximum atomic E-state index is 12.7. The number of aromatic nitrogens is 3. The molecule has 0 bridgehead atoms. The highest BCUT2D eigenvalue weighted by Gasteiger charge is 2.30. The van der Waals surface area contributed by atoms with Gasteiger partial charge in [0.2, 0.25) is 0 Å². The molecule has 1 aromatic carbocycles. The Morgan fingerprint density at radius 2 is 1.82 bits per heavy atom. The molecule has 2 unspecified atom stereocenters. The molecule has 3 heterocycles. The first-order chi connectivity index (χ1) is 12.4. The lowest BCUT2D eigenvalue weighted by molar-refractivity contribution is -0.137. The normalized spacial score (nSPS) is 19.7. The molecule has 4 rings (SSSR count). The number of nitrogens with zero attached hydrogens (tertiary/aromatic N) is 2. The molecule has 9 heteroatoms. The van der Waals surface area contributed by atoms with Crippen LogP contribution in [-0.2, 0) is 6.18 Å². The van der Waals surface area contributed by atoms with Crippen LogP contribution in [-0.4, -0.2) is 33.0 Å². The molecule has 3 aliphatic rings. The summed E-state index contributed by atoms with van der Waals surface area (Å²) >= 11 is 0. The van der Waals surface area contributed by atoms with Crippen LogP contribution < -0.4 is 5.32 Å². The summed E-state index contributed by atoms with van der Waals surface area (Å²) in [5.74, 6) is 1.32. The van der Waals surface area contributed by atoms with E-state index in [4.69, 9.17) is 0 Å². The minimum atomic E-state index is -4.33. The van der Waals surface area contributed by atoms with Gasteiger partial charge in [-0.05, 0) is 44.5 Å². The van der Waals surface area contributed by atoms with Crippen molar-refractivity contribution in [3.8, 4) is 22.6 Å². The summed E-state index contributed by atoms with van der Waals surface area (Å²) in [6.45, 7) is 3.13. The van der Waals surface area contributed by atoms with Crippen LogP contribution in [0.15, 0.2) is 36.5 Å². The van der Waals surface area contributed by atoms with Crippen LogP contribution in [0, 0.1) is 0 Å². The number of rotatable bonds is 2. The Hall–Kier alpha value is -2.16. The van der Waals surface area contributed by atoms with Gasteiger partial charge in [0.1, 0.15) is 11.5 Å². The number of piperidine rings is 1. The van der Waals surface area contributed by atoms with E-state index in [1.165, 1.54) is 12.1 Å². The summed E-state index contributed by atoms with van der Waals surface area (Å²) in [5, 5.41) is 3.43. The standard InChI is InChI=1S/C19H19F3N4.ClH.H2O/c1-11-8-13(6-7-23-11)18-24-10-17-16(26-18)9-15(25-17)12-2-4-14(5-3-12)19(20,21)22;;/h2-5,9-11,13,23H,6-8H2,1H3,(H,24,26);1H;1H2. The molecule has 0 radical (unpaired) electrons. The van der Waals surface area contributed by atoms with Gasteiger partial charge in [0, 0.05) is 17.5 Å². The first kappa shape index (κ1) is 22.1. The highest BCUT2D eigenvalue weighted by atomic mass is 35.5. The highest BCUT2D eigenvalue weighted by Crippen LogP contribution is 2.33. The average Bonchev–Trinajstić information content (AvgIpc) is 3.04. The van der Waals surface area contributed by atoms with Crippen LogP contribution in [0.3, 0.4) is 0 Å². The molecule has 0 amide bonds. The third kappa shape index (κ3) is 4.45. The van der Waals surface area contributed by atoms with E-state index in [-0.39, 0.29) is 17.9 Å². The molecule has 3 aliphatic heterocycles. The van der Waals surface area contributed by atoms with Crippen LogP contribution >= 0.6 is 12.4 Å². The Labute approximate surface area is 166 Å². The van der Waals surface area contributed by atoms with Crippen LogP contribution in [0.2, 0.25) is 0 Å². The van der Waals surface area contributed by atoms with Gasteiger partial charge in [-0.2, -0.15) is 13.2 Å². The number of halogens is 4. The van der Waals surface area contributed by atoms with Gasteiger partial charge < -0.3 is 15.8 Å². The van der Waals surface area contributed by atoms with Gasteiger partial charge in [-0.15, -0.1) is 12.4 Å². The molecule has 1 saturated heterocycles. The Kier molecular flexibility index (Phi) is 6.69. The van der Waals surface area contributed by atoms with E-state index in [1.807, 2.05) is 6.07 Å². The quantitative estimate of drug-likeness (QED) is 0.663. The topological polar surface area (TPSA) is 85.1 Å². The van der Waals surface area contributed by atoms with Crippen molar-refractivity contribution >= 4 is 12.4 Å². The van der Waals surface area contributed by atoms with E-state index in [2.05, 4.69) is 27.2 Å². The van der Waals surface area contributed by atoms with Gasteiger partial charge in [0.15, 0.2) is 0 Å². The summed E-state index contributed by atoms with van der Waals surface area (Å²) in [6.07, 6.45) is -0.545. The number of fused-ring (bicyclic) bond motifs is 1. The van der Waals surface area contributed by atoms with Crippen molar-refractivity contribution in [2.24, 2.45) is 0 Å². The van der Waals surface area contributed by atoms with Crippen molar-refractivity contribution in [1.82, 2.24) is 20.3 Å². The van der Waals surface area contributed by atoms with E-state index in [1.54, 1.807) is 6.20 Å². The van der Waals surface area contributed by atoms with Crippen molar-refractivity contribution < 1.29 is 18.6 Å². The van der Waals surface area contributed by atoms with E-state index in [0.29, 0.717) is 28.9 Å². The molecule has 1 aromatic rings. The van der Waals surface area contributed by atoms with Crippen molar-refractivity contribution in [1.29, 1.82) is 0 Å². The lowest BCUT2D eigenvalue weighted by atomic mass is 9.92. The van der Waals surface area contributed by atoms with Gasteiger partial charge in [0.05, 0.1) is 23.1 Å². The zero-order chi connectivity index (χ0) is 18.3. The largest absolute Gasteiger partial charge is 0.416 e. The summed E-state index contributed by atoms with van der Waals surface area (Å²) < 4.78 is 38.1. The van der Waals surface area contributed by atoms with Gasteiger partial charge in [-0.25, -0.2) is 9.97 Å². The van der Waals surface area contributed by atoms with Crippen molar-refractivity contribution in [3.63, 3.8) is 0 Å². The number of benzene rings is 1. The minimum absolute atomic E-state index is 0. The van der Waals surface area contributed by atoms with Gasteiger partial charge in [-0.1, -0.05) is 12.1 Å². The maximum Gasteiger partial charge on any atom is 0.416 e. The Bertz CT molecular complexity index is 882. The lowest BCUT2D eigenvalue weighted by Gasteiger charge is -2.27. The third-order valence-electron chi connectivity index (χ3n) is 4.90. The Morgan fingerprint density at radius 3 is 2.46 bits per heavy atom. The van der Waals surface area contributed by atoms with Gasteiger partial charge in [0.25, 0.3) is 0 Å². The third-order valence-corrected chi connectivity index (χ3v) is 4.90. The second-order valence-corrected chi connectivity index (χ2v) is 6.86. The molecule has 152 valence electrons. The summed E-state index contributed by atoms with van der Waals surface area (Å²) in [7, 11) is 0. The number of H-pyrrole nitrogens is 1. The molecular formula is C19H22ClF3N4O. The summed E-state index contributed by atoms with van der Waals surface area (Å²) in [5.41, 5.74) is 2.21. The number of aromatic amines is 1. The molecule has 0 aliphatic carbocycles. The first-order valence-electron chi connectivity index (χ1n) is 8.67. The van der Waals surface area contributed by atoms with Crippen molar-refractivity contribution in [2.45, 2.75) is 37.9 Å². The van der Waals surface area contributed by atoms with Gasteiger partial charge in [-0.3, -0.25) is 0 Å². The fourth-order valence-corrected chi connectivity index (χ4v) is 3.50. The second-order valence-electron chi connectivity index (χ2n) is 6.86. The maximum absolute atomic E-state index is 12.7. The SMILES string of the molecule is CC1CC(c2ncc3nc(-c4ccc(C(F)(F)F)cc4)cc-3[nH]2)CCN1.Cl.O. The molecule has 2 atom stereocenters. The molecule has 4 N–H and O–H groups in total. The Morgan fingerprint density at radius 1 is 1.11 bits per heavy atom. The monoisotopic (exact) mass is 414 g/mol. The van der Waals surface area contributed by atoms with Crippen LogP contribution in [0.25, 0.3) is 22.6 Å². The van der Waals surface area contributed by atoms with Crippen molar-refractivity contribution in [3.05, 3.63) is 47.9 Å². The zero-order valence-corrected chi connectivity index (χ0v) is 16.0. The van der Waals surface area contributed by atoms with Gasteiger partial charge >= 0.3 is 6.18 Å². The Balaban J connectivity index is 0.00000140. The van der Waals surface area contributed by atoms with E-state index in [0.717, 1.165) is 43.0 Å². The number of nitrogens with one attached hydrogen (secondary N) is 2. The molecule has 28 heavy (non-hydrogen) atoms. The predicted octanol–water partition coefficient (Wildman–Crippen LogP) is 4.05. The lowest BCUT2D eigenvalue weighted by Crippen LogP contribution is -2.35. The molecular weight excluding hydrogens is 393 g/mol. The average molecular weight is 415 g/mol. The smallest absolute Gasteiger partial charge is 0.412 e. The molecule has 0 aromatic heterocycles. The predicted molar refractivity (Wildman–Crippen MR) is 104 cm³/mol. The minimum Gasteiger partial charge on any atom is -0.412 e. The van der Waals surface area contributed by atoms with Crippen molar-refractivity contribution in [2.75, 3.05) is 6.54 Å². The highest BCUT2D eigenvalue weighted by molar-refractivity contribution is 5.85.